The average molecular weight is 405 g/mol. The number of rotatable bonds is 4. The van der Waals surface area contributed by atoms with Crippen molar-refractivity contribution in [3.05, 3.63) is 60.1 Å². The van der Waals surface area contributed by atoms with Crippen molar-refractivity contribution >= 4 is 27.4 Å². The summed E-state index contributed by atoms with van der Waals surface area (Å²) in [6.45, 7) is 1.82. The van der Waals surface area contributed by atoms with Crippen molar-refractivity contribution in [2.75, 3.05) is 31.1 Å². The van der Waals surface area contributed by atoms with Crippen molar-refractivity contribution in [3.63, 3.8) is 0 Å². The third-order valence-corrected chi connectivity index (χ3v) is 6.50. The average Bonchev–Trinajstić information content (AvgIpc) is 3.23. The lowest BCUT2D eigenvalue weighted by Gasteiger charge is -2.34. The minimum Gasteiger partial charge on any atom is -0.354 e. The fourth-order valence-corrected chi connectivity index (χ4v) is 4.70. The molecule has 0 aliphatic carbocycles. The van der Waals surface area contributed by atoms with Crippen LogP contribution in [0.3, 0.4) is 0 Å². The van der Waals surface area contributed by atoms with Crippen LogP contribution in [0.15, 0.2) is 60.0 Å². The van der Waals surface area contributed by atoms with Gasteiger partial charge in [0.25, 0.3) is 0 Å². The van der Waals surface area contributed by atoms with Gasteiger partial charge in [-0.1, -0.05) is 17.7 Å². The second-order valence-corrected chi connectivity index (χ2v) is 8.41. The zero-order chi connectivity index (χ0) is 18.9. The first kappa shape index (κ1) is 17.9. The van der Waals surface area contributed by atoms with Crippen molar-refractivity contribution in [2.45, 2.75) is 4.90 Å². The van der Waals surface area contributed by atoms with E-state index in [-0.39, 0.29) is 4.90 Å². The van der Waals surface area contributed by atoms with Gasteiger partial charge in [-0.15, -0.1) is 0 Å². The van der Waals surface area contributed by atoms with Crippen LogP contribution in [0.4, 0.5) is 5.82 Å². The third-order valence-electron chi connectivity index (χ3n) is 4.37. The molecule has 1 aromatic carbocycles. The third kappa shape index (κ3) is 3.66. The predicted molar refractivity (Wildman–Crippen MR) is 102 cm³/mol. The second-order valence-electron chi connectivity index (χ2n) is 6.03. The van der Waals surface area contributed by atoms with Crippen molar-refractivity contribution in [1.29, 1.82) is 0 Å². The van der Waals surface area contributed by atoms with Gasteiger partial charge < -0.3 is 4.90 Å². The maximum absolute atomic E-state index is 12.8. The molecule has 0 unspecified atom stereocenters. The molecule has 4 rings (SSSR count). The highest BCUT2D eigenvalue weighted by Gasteiger charge is 2.29. The topological polar surface area (TPSA) is 84.2 Å². The molecular formula is C17H17ClN6O2S. The number of piperazine rings is 1. The Morgan fingerprint density at radius 2 is 1.74 bits per heavy atom. The van der Waals surface area contributed by atoms with Gasteiger partial charge in [-0.2, -0.15) is 9.40 Å². The molecule has 1 fully saturated rings. The van der Waals surface area contributed by atoms with Crippen molar-refractivity contribution in [1.82, 2.24) is 24.1 Å². The van der Waals surface area contributed by atoms with E-state index in [1.807, 2.05) is 23.2 Å². The Labute approximate surface area is 162 Å². The van der Waals surface area contributed by atoms with Crippen molar-refractivity contribution in [3.8, 4) is 5.82 Å². The van der Waals surface area contributed by atoms with Crippen LogP contribution in [-0.4, -0.2) is 58.7 Å². The van der Waals surface area contributed by atoms with Gasteiger partial charge in [-0.3, -0.25) is 0 Å². The first-order valence-corrected chi connectivity index (χ1v) is 10.2. The Morgan fingerprint density at radius 3 is 2.44 bits per heavy atom. The molecule has 0 atom stereocenters. The number of sulfonamides is 1. The first-order valence-electron chi connectivity index (χ1n) is 8.37. The monoisotopic (exact) mass is 404 g/mol. The van der Waals surface area contributed by atoms with E-state index in [1.54, 1.807) is 29.1 Å². The van der Waals surface area contributed by atoms with Crippen LogP contribution in [0, 0.1) is 0 Å². The minimum absolute atomic E-state index is 0.214. The lowest BCUT2D eigenvalue weighted by atomic mass is 10.3. The molecule has 1 aliphatic rings. The largest absolute Gasteiger partial charge is 0.354 e. The van der Waals surface area contributed by atoms with E-state index in [1.165, 1.54) is 16.7 Å². The molecular weight excluding hydrogens is 388 g/mol. The Hall–Kier alpha value is -2.49. The van der Waals surface area contributed by atoms with Gasteiger partial charge >= 0.3 is 0 Å². The van der Waals surface area contributed by atoms with Crippen molar-refractivity contribution in [2.24, 2.45) is 0 Å². The molecule has 0 saturated carbocycles. The maximum atomic E-state index is 12.8. The fraction of sp³-hybridized carbons (Fsp3) is 0.235. The summed E-state index contributed by atoms with van der Waals surface area (Å²) in [5.41, 5.74) is 0. The lowest BCUT2D eigenvalue weighted by Crippen LogP contribution is -2.48. The first-order chi connectivity index (χ1) is 13.0. The molecule has 140 valence electrons. The Morgan fingerprint density at radius 1 is 0.963 bits per heavy atom. The molecule has 27 heavy (non-hydrogen) atoms. The van der Waals surface area contributed by atoms with E-state index >= 15 is 0 Å². The normalized spacial score (nSPS) is 15.8. The van der Waals surface area contributed by atoms with Gasteiger partial charge in [0.2, 0.25) is 10.0 Å². The second kappa shape index (κ2) is 7.26. The smallest absolute Gasteiger partial charge is 0.243 e. The predicted octanol–water partition coefficient (Wildman–Crippen LogP) is 1.83. The quantitative estimate of drug-likeness (QED) is 0.659. The summed E-state index contributed by atoms with van der Waals surface area (Å²) in [6.07, 6.45) is 4.98. The summed E-state index contributed by atoms with van der Waals surface area (Å²) in [4.78, 5) is 10.8. The standard InChI is InChI=1S/C17H17ClN6O2S/c18-14-3-1-4-15(11-14)27(25,26)23-9-7-22(8-10-23)16-12-17(20-13-19-16)24-6-2-5-21-24/h1-6,11-13H,7-10H2. The molecule has 1 aliphatic heterocycles. The SMILES string of the molecule is O=S(=O)(c1cccc(Cl)c1)N1CCN(c2cc(-n3cccn3)ncn2)CC1. The highest BCUT2D eigenvalue weighted by molar-refractivity contribution is 7.89. The van der Waals surface area contributed by atoms with E-state index < -0.39 is 10.0 Å². The van der Waals surface area contributed by atoms with Crippen LogP contribution in [0.25, 0.3) is 5.82 Å². The Kier molecular flexibility index (Phi) is 4.81. The summed E-state index contributed by atoms with van der Waals surface area (Å²) in [7, 11) is -3.56. The lowest BCUT2D eigenvalue weighted by molar-refractivity contribution is 0.383. The van der Waals surface area contributed by atoms with Gasteiger partial charge in [0, 0.05) is 49.7 Å². The van der Waals surface area contributed by atoms with Crippen molar-refractivity contribution < 1.29 is 8.42 Å². The van der Waals surface area contributed by atoms with Gasteiger partial charge in [0.15, 0.2) is 5.82 Å². The number of hydrogen-bond donors (Lipinski definition) is 0. The van der Waals surface area contributed by atoms with E-state index in [2.05, 4.69) is 15.1 Å². The molecule has 0 amide bonds. The van der Waals surface area contributed by atoms with Crippen LogP contribution in [0.5, 0.6) is 0 Å². The van der Waals surface area contributed by atoms with Crippen LogP contribution < -0.4 is 4.90 Å². The Balaban J connectivity index is 1.49. The van der Waals surface area contributed by atoms with E-state index in [0.717, 1.165) is 5.82 Å². The summed E-state index contributed by atoms with van der Waals surface area (Å²) in [6, 6.07) is 10.0. The Bertz CT molecular complexity index is 1030. The van der Waals surface area contributed by atoms with Crippen LogP contribution in [0.2, 0.25) is 5.02 Å². The van der Waals surface area contributed by atoms with Crippen LogP contribution in [-0.2, 0) is 10.0 Å². The maximum Gasteiger partial charge on any atom is 0.243 e. The number of benzene rings is 1. The van der Waals surface area contributed by atoms with Gasteiger partial charge in [0.1, 0.15) is 12.1 Å². The van der Waals surface area contributed by atoms with Gasteiger partial charge in [0.05, 0.1) is 4.90 Å². The molecule has 3 heterocycles. The molecule has 8 nitrogen and oxygen atoms in total. The highest BCUT2D eigenvalue weighted by Crippen LogP contribution is 2.22. The van der Waals surface area contributed by atoms with E-state index in [0.29, 0.717) is 37.0 Å². The number of anilines is 1. The number of nitrogens with zero attached hydrogens (tertiary/aromatic N) is 6. The van der Waals surface area contributed by atoms with Crippen LogP contribution in [0.1, 0.15) is 0 Å². The number of hydrogen-bond acceptors (Lipinski definition) is 6. The molecule has 0 bridgehead atoms. The molecule has 0 spiro atoms. The summed E-state index contributed by atoms with van der Waals surface area (Å²) in [5.74, 6) is 1.41. The molecule has 3 aromatic rings. The fourth-order valence-electron chi connectivity index (χ4n) is 2.97. The van der Waals surface area contributed by atoms with Gasteiger partial charge in [-0.25, -0.2) is 23.1 Å². The molecule has 0 radical (unpaired) electrons. The number of halogens is 1. The zero-order valence-electron chi connectivity index (χ0n) is 14.3. The van der Waals surface area contributed by atoms with Crippen LogP contribution >= 0.6 is 11.6 Å². The minimum atomic E-state index is -3.56. The molecule has 0 N–H and O–H groups in total. The summed E-state index contributed by atoms with van der Waals surface area (Å²) >= 11 is 5.94. The van der Waals surface area contributed by atoms with E-state index in [9.17, 15) is 8.42 Å². The highest BCUT2D eigenvalue weighted by atomic mass is 35.5. The summed E-state index contributed by atoms with van der Waals surface area (Å²) in [5, 5.41) is 4.57. The summed E-state index contributed by atoms with van der Waals surface area (Å²) < 4.78 is 28.7. The molecule has 1 saturated heterocycles. The number of aromatic nitrogens is 4. The molecule has 2 aromatic heterocycles. The van der Waals surface area contributed by atoms with Gasteiger partial charge in [-0.05, 0) is 24.3 Å². The van der Waals surface area contributed by atoms with E-state index in [4.69, 9.17) is 11.6 Å². The molecule has 10 heteroatoms. The zero-order valence-corrected chi connectivity index (χ0v) is 15.9.